The summed E-state index contributed by atoms with van der Waals surface area (Å²) >= 11 is 6.18. The van der Waals surface area contributed by atoms with E-state index in [1.807, 2.05) is 25.5 Å². The minimum atomic E-state index is -0.496. The normalized spacial score (nSPS) is 28.2. The first kappa shape index (κ1) is 18.8. The van der Waals surface area contributed by atoms with Crippen molar-refractivity contribution in [2.45, 2.75) is 69.9 Å². The molecule has 160 valence electrons. The van der Waals surface area contributed by atoms with Gasteiger partial charge in [-0.25, -0.2) is 14.2 Å². The number of halogens is 2. The maximum Gasteiger partial charge on any atom is 0.410 e. The van der Waals surface area contributed by atoms with Crippen LogP contribution in [0.1, 0.15) is 75.7 Å². The molecule has 2 unspecified atom stereocenters. The van der Waals surface area contributed by atoms with Crippen molar-refractivity contribution in [3.8, 4) is 0 Å². The van der Waals surface area contributed by atoms with Crippen molar-refractivity contribution in [1.82, 2.24) is 19.7 Å². The zero-order valence-corrected chi connectivity index (χ0v) is 18.2. The molecule has 3 aliphatic carbocycles. The summed E-state index contributed by atoms with van der Waals surface area (Å²) in [4.78, 5) is 18.7. The average molecular weight is 433 g/mol. The number of aromatic nitrogens is 3. The third kappa shape index (κ3) is 2.92. The number of carbonyl (C=O) groups excluding carboxylic acids is 1. The Labute approximate surface area is 179 Å². The summed E-state index contributed by atoms with van der Waals surface area (Å²) < 4.78 is 22.5. The number of fused-ring (bicyclic) bond motifs is 2. The molecule has 0 radical (unpaired) electrons. The third-order valence-electron chi connectivity index (χ3n) is 6.82. The van der Waals surface area contributed by atoms with Crippen molar-refractivity contribution >= 4 is 28.6 Å². The Hall–Kier alpha value is -1.89. The van der Waals surface area contributed by atoms with E-state index in [-0.39, 0.29) is 23.2 Å². The number of piperidine rings is 1. The van der Waals surface area contributed by atoms with Crippen molar-refractivity contribution in [3.63, 3.8) is 0 Å². The summed E-state index contributed by atoms with van der Waals surface area (Å²) in [6.45, 7) is 6.99. The van der Waals surface area contributed by atoms with E-state index in [1.165, 1.54) is 0 Å². The topological polar surface area (TPSA) is 60.2 Å². The van der Waals surface area contributed by atoms with Gasteiger partial charge < -0.3 is 9.64 Å². The first-order valence-electron chi connectivity index (χ1n) is 11.0. The monoisotopic (exact) mass is 432 g/mol. The standard InChI is InChI=1S/C22H26ClFN4O2/c1-22(2,3)30-21(29)27-8-12-13(9-27)14(12)18-15-17(10-4-5-10)25-20(23)16(24)19(15)28(26-18)11-6-7-11/h10-14H,4-9H2,1-3H3. The van der Waals surface area contributed by atoms with Crippen molar-refractivity contribution in [3.05, 3.63) is 22.4 Å². The van der Waals surface area contributed by atoms with Gasteiger partial charge in [0.25, 0.3) is 0 Å². The highest BCUT2D eigenvalue weighted by molar-refractivity contribution is 6.30. The highest BCUT2D eigenvalue weighted by Crippen LogP contribution is 2.60. The number of pyridine rings is 1. The lowest BCUT2D eigenvalue weighted by Crippen LogP contribution is -2.36. The Morgan fingerprint density at radius 2 is 1.80 bits per heavy atom. The van der Waals surface area contributed by atoms with Crippen LogP contribution in [0, 0.1) is 17.7 Å². The molecule has 4 aliphatic rings. The minimum absolute atomic E-state index is 0.0372. The number of hydrogen-bond acceptors (Lipinski definition) is 4. The zero-order valence-electron chi connectivity index (χ0n) is 17.5. The quantitative estimate of drug-likeness (QED) is 0.639. The number of likely N-dealkylation sites (tertiary alicyclic amines) is 1. The number of rotatable bonds is 3. The lowest BCUT2D eigenvalue weighted by molar-refractivity contribution is 0.0271. The highest BCUT2D eigenvalue weighted by atomic mass is 35.5. The van der Waals surface area contributed by atoms with Crippen LogP contribution in [-0.2, 0) is 4.74 Å². The van der Waals surface area contributed by atoms with Gasteiger partial charge in [0.05, 0.1) is 17.4 Å². The lowest BCUT2D eigenvalue weighted by atomic mass is 10.0. The van der Waals surface area contributed by atoms with E-state index in [1.54, 1.807) is 4.90 Å². The van der Waals surface area contributed by atoms with Gasteiger partial charge in [0, 0.05) is 30.3 Å². The van der Waals surface area contributed by atoms with Gasteiger partial charge in [-0.1, -0.05) is 11.6 Å². The molecule has 4 fully saturated rings. The second-order valence-electron chi connectivity index (χ2n) is 10.4. The summed E-state index contributed by atoms with van der Waals surface area (Å²) in [5, 5.41) is 5.80. The van der Waals surface area contributed by atoms with Crippen LogP contribution in [0.25, 0.3) is 10.9 Å². The van der Waals surface area contributed by atoms with Gasteiger partial charge in [-0.3, -0.25) is 4.68 Å². The maximum atomic E-state index is 15.1. The second kappa shape index (κ2) is 6.09. The van der Waals surface area contributed by atoms with Gasteiger partial charge in [0.15, 0.2) is 11.0 Å². The first-order chi connectivity index (χ1) is 14.2. The Bertz CT molecular complexity index is 1060. The summed E-state index contributed by atoms with van der Waals surface area (Å²) in [5.74, 6) is 0.884. The summed E-state index contributed by atoms with van der Waals surface area (Å²) in [7, 11) is 0. The molecule has 30 heavy (non-hydrogen) atoms. The smallest absolute Gasteiger partial charge is 0.410 e. The fourth-order valence-electron chi connectivity index (χ4n) is 5.10. The average Bonchev–Trinajstić information content (AvgIpc) is 3.60. The number of ether oxygens (including phenoxy) is 1. The van der Waals surface area contributed by atoms with Crippen LogP contribution in [0.2, 0.25) is 5.15 Å². The molecule has 6 rings (SSSR count). The highest BCUT2D eigenvalue weighted by Gasteiger charge is 2.60. The molecule has 8 heteroatoms. The van der Waals surface area contributed by atoms with Gasteiger partial charge >= 0.3 is 6.09 Å². The van der Waals surface area contributed by atoms with Gasteiger partial charge in [-0.05, 0) is 58.3 Å². The molecule has 6 nitrogen and oxygen atoms in total. The second-order valence-corrected chi connectivity index (χ2v) is 10.8. The Balaban J connectivity index is 1.34. The fraction of sp³-hybridized carbons (Fsp3) is 0.682. The molecular weight excluding hydrogens is 407 g/mol. The van der Waals surface area contributed by atoms with Crippen molar-refractivity contribution in [2.75, 3.05) is 13.1 Å². The lowest BCUT2D eigenvalue weighted by Gasteiger charge is -2.25. The molecule has 2 aromatic rings. The molecule has 0 aromatic carbocycles. The van der Waals surface area contributed by atoms with Gasteiger partial charge in [0.2, 0.25) is 0 Å². The van der Waals surface area contributed by atoms with E-state index in [9.17, 15) is 4.79 Å². The minimum Gasteiger partial charge on any atom is -0.444 e. The number of amides is 1. The van der Waals surface area contributed by atoms with Gasteiger partial charge in [-0.2, -0.15) is 5.10 Å². The fourth-order valence-corrected chi connectivity index (χ4v) is 5.28. The SMILES string of the molecule is CC(C)(C)OC(=O)N1CC2C(C1)C2c1nn(C2CC2)c2c(F)c(Cl)nc(C3CC3)c12. The number of nitrogens with zero attached hydrogens (tertiary/aromatic N) is 4. The molecular formula is C22H26ClFN4O2. The Kier molecular flexibility index (Phi) is 3.82. The molecule has 0 bridgehead atoms. The number of carbonyl (C=O) groups is 1. The molecule has 3 heterocycles. The predicted octanol–water partition coefficient (Wildman–Crippen LogP) is 5.02. The zero-order chi connectivity index (χ0) is 20.9. The van der Waals surface area contributed by atoms with Gasteiger partial charge in [-0.15, -0.1) is 0 Å². The van der Waals surface area contributed by atoms with Crippen molar-refractivity contribution in [1.29, 1.82) is 0 Å². The van der Waals surface area contributed by atoms with Crippen LogP contribution in [0.5, 0.6) is 0 Å². The Morgan fingerprint density at radius 1 is 1.13 bits per heavy atom. The maximum absolute atomic E-state index is 15.1. The van der Waals surface area contributed by atoms with Crippen LogP contribution in [0.15, 0.2) is 0 Å². The van der Waals surface area contributed by atoms with Crippen molar-refractivity contribution < 1.29 is 13.9 Å². The molecule has 0 spiro atoms. The van der Waals surface area contributed by atoms with Crippen LogP contribution < -0.4 is 0 Å². The van der Waals surface area contributed by atoms with Gasteiger partial charge in [0.1, 0.15) is 11.1 Å². The Morgan fingerprint density at radius 3 is 2.37 bits per heavy atom. The molecule has 2 atom stereocenters. The molecule has 3 saturated carbocycles. The van der Waals surface area contributed by atoms with Crippen LogP contribution in [0.3, 0.4) is 0 Å². The van der Waals surface area contributed by atoms with Crippen molar-refractivity contribution in [2.24, 2.45) is 11.8 Å². The van der Waals surface area contributed by atoms with E-state index in [2.05, 4.69) is 4.98 Å². The molecule has 2 aromatic heterocycles. The van der Waals surface area contributed by atoms with E-state index in [0.29, 0.717) is 36.4 Å². The summed E-state index contributed by atoms with van der Waals surface area (Å²) in [6, 6.07) is 0.262. The van der Waals surface area contributed by atoms with E-state index >= 15 is 4.39 Å². The molecule has 0 N–H and O–H groups in total. The first-order valence-corrected chi connectivity index (χ1v) is 11.4. The molecule has 1 amide bonds. The largest absolute Gasteiger partial charge is 0.444 e. The third-order valence-corrected chi connectivity index (χ3v) is 7.07. The van der Waals surface area contributed by atoms with E-state index < -0.39 is 11.4 Å². The predicted molar refractivity (Wildman–Crippen MR) is 110 cm³/mol. The summed E-state index contributed by atoms with van der Waals surface area (Å²) in [5.41, 5.74) is 1.95. The van der Waals surface area contributed by atoms with Crippen LogP contribution >= 0.6 is 11.6 Å². The number of hydrogen-bond donors (Lipinski definition) is 0. The van der Waals surface area contributed by atoms with E-state index in [0.717, 1.165) is 42.5 Å². The van der Waals surface area contributed by atoms with Crippen LogP contribution in [0.4, 0.5) is 9.18 Å². The molecule has 1 saturated heterocycles. The molecule has 1 aliphatic heterocycles. The van der Waals surface area contributed by atoms with Crippen LogP contribution in [-0.4, -0.2) is 44.4 Å². The van der Waals surface area contributed by atoms with E-state index in [4.69, 9.17) is 21.4 Å². The summed E-state index contributed by atoms with van der Waals surface area (Å²) in [6.07, 6.45) is 3.95.